The molecule has 1 atom stereocenters. The fraction of sp³-hybridized carbons (Fsp3) is 0.500. The molecule has 0 unspecified atom stereocenters. The Morgan fingerprint density at radius 1 is 1.71 bits per heavy atom. The number of nitrogens with zero attached hydrogens (tertiary/aromatic N) is 1. The lowest BCUT2D eigenvalue weighted by Crippen LogP contribution is -2.12. The van der Waals surface area contributed by atoms with Crippen LogP contribution in [-0.4, -0.2) is 11.8 Å². The van der Waals surface area contributed by atoms with Crippen LogP contribution in [0.25, 0.3) is 0 Å². The van der Waals surface area contributed by atoms with Gasteiger partial charge in [-0.2, -0.15) is 5.26 Å². The lowest BCUT2D eigenvalue weighted by Gasteiger charge is -2.17. The summed E-state index contributed by atoms with van der Waals surface area (Å²) in [6.07, 6.45) is 3.05. The third-order valence-corrected chi connectivity index (χ3v) is 4.41. The Kier molecular flexibility index (Phi) is 3.70. The van der Waals surface area contributed by atoms with Gasteiger partial charge in [0, 0.05) is 4.88 Å². The minimum absolute atomic E-state index is 0.0795. The van der Waals surface area contributed by atoms with E-state index in [4.69, 9.17) is 11.6 Å². The average Bonchev–Trinajstić information content (AvgIpc) is 2.64. The van der Waals surface area contributed by atoms with E-state index in [-0.39, 0.29) is 11.8 Å². The van der Waals surface area contributed by atoms with Gasteiger partial charge in [0.25, 0.3) is 0 Å². The van der Waals surface area contributed by atoms with Gasteiger partial charge >= 0.3 is 0 Å². The second-order valence-corrected chi connectivity index (χ2v) is 5.72. The minimum Gasteiger partial charge on any atom is -0.316 e. The SMILES string of the molecule is C[C@@H]1CCc2c(sc(NC(=O)CCl)c2C#N)C1. The topological polar surface area (TPSA) is 52.9 Å². The fourth-order valence-electron chi connectivity index (χ4n) is 2.12. The van der Waals surface area contributed by atoms with Crippen molar-refractivity contribution in [2.24, 2.45) is 5.92 Å². The van der Waals surface area contributed by atoms with Crippen molar-refractivity contribution in [2.45, 2.75) is 26.2 Å². The summed E-state index contributed by atoms with van der Waals surface area (Å²) >= 11 is 6.98. The molecule has 1 aromatic heterocycles. The summed E-state index contributed by atoms with van der Waals surface area (Å²) in [6.45, 7) is 2.21. The van der Waals surface area contributed by atoms with Gasteiger partial charge in [-0.1, -0.05) is 6.92 Å². The molecule has 3 nitrogen and oxygen atoms in total. The number of hydrogen-bond acceptors (Lipinski definition) is 3. The first-order chi connectivity index (χ1) is 8.15. The molecule has 1 amide bonds. The number of carbonyl (C=O) groups excluding carboxylic acids is 1. The number of amides is 1. The highest BCUT2D eigenvalue weighted by Crippen LogP contribution is 2.39. The Balaban J connectivity index is 2.34. The second-order valence-electron chi connectivity index (χ2n) is 4.35. The van der Waals surface area contributed by atoms with Crippen molar-refractivity contribution in [1.29, 1.82) is 5.26 Å². The molecule has 2 rings (SSSR count). The molecule has 1 heterocycles. The van der Waals surface area contributed by atoms with Crippen molar-refractivity contribution < 1.29 is 4.79 Å². The number of hydrogen-bond donors (Lipinski definition) is 1. The van der Waals surface area contributed by atoms with Crippen LogP contribution in [0.15, 0.2) is 0 Å². The van der Waals surface area contributed by atoms with Crippen LogP contribution in [0.3, 0.4) is 0 Å². The van der Waals surface area contributed by atoms with Crippen LogP contribution < -0.4 is 5.32 Å². The number of halogens is 1. The van der Waals surface area contributed by atoms with Gasteiger partial charge in [-0.05, 0) is 30.7 Å². The average molecular weight is 269 g/mol. The normalized spacial score (nSPS) is 18.3. The molecule has 1 aliphatic carbocycles. The van der Waals surface area contributed by atoms with Gasteiger partial charge in [0.05, 0.1) is 5.56 Å². The zero-order valence-corrected chi connectivity index (χ0v) is 11.1. The van der Waals surface area contributed by atoms with Gasteiger partial charge in [0.2, 0.25) is 5.91 Å². The highest BCUT2D eigenvalue weighted by Gasteiger charge is 2.24. The van der Waals surface area contributed by atoms with Crippen LogP contribution in [0, 0.1) is 17.2 Å². The number of anilines is 1. The number of fused-ring (bicyclic) bond motifs is 1. The Hall–Kier alpha value is -1.05. The predicted molar refractivity (Wildman–Crippen MR) is 69.6 cm³/mol. The summed E-state index contributed by atoms with van der Waals surface area (Å²) in [5.74, 6) is 0.322. The third-order valence-electron chi connectivity index (χ3n) is 3.00. The molecule has 17 heavy (non-hydrogen) atoms. The van der Waals surface area contributed by atoms with E-state index in [9.17, 15) is 10.1 Å². The van der Waals surface area contributed by atoms with Crippen molar-refractivity contribution in [2.75, 3.05) is 11.2 Å². The molecule has 0 radical (unpaired) electrons. The lowest BCUT2D eigenvalue weighted by molar-refractivity contribution is -0.113. The van der Waals surface area contributed by atoms with Crippen LogP contribution in [0.2, 0.25) is 0 Å². The minimum atomic E-state index is -0.255. The van der Waals surface area contributed by atoms with E-state index in [0.29, 0.717) is 16.5 Å². The molecule has 1 N–H and O–H groups in total. The molecular weight excluding hydrogens is 256 g/mol. The van der Waals surface area contributed by atoms with E-state index in [1.165, 1.54) is 16.2 Å². The van der Waals surface area contributed by atoms with E-state index < -0.39 is 0 Å². The van der Waals surface area contributed by atoms with Crippen molar-refractivity contribution in [1.82, 2.24) is 0 Å². The molecule has 1 aliphatic rings. The highest BCUT2D eigenvalue weighted by atomic mass is 35.5. The summed E-state index contributed by atoms with van der Waals surface area (Å²) in [7, 11) is 0. The van der Waals surface area contributed by atoms with Gasteiger partial charge < -0.3 is 5.32 Å². The van der Waals surface area contributed by atoms with E-state index in [2.05, 4.69) is 18.3 Å². The third kappa shape index (κ3) is 2.46. The largest absolute Gasteiger partial charge is 0.316 e. The first-order valence-corrected chi connectivity index (χ1v) is 6.91. The number of nitriles is 1. The molecule has 0 spiro atoms. The Bertz CT molecular complexity index is 489. The van der Waals surface area contributed by atoms with E-state index >= 15 is 0 Å². The van der Waals surface area contributed by atoms with Gasteiger partial charge in [-0.3, -0.25) is 4.79 Å². The zero-order chi connectivity index (χ0) is 12.4. The van der Waals surface area contributed by atoms with Crippen LogP contribution in [0.5, 0.6) is 0 Å². The van der Waals surface area contributed by atoms with E-state index in [1.54, 1.807) is 0 Å². The maximum absolute atomic E-state index is 11.3. The summed E-state index contributed by atoms with van der Waals surface area (Å²) in [5.41, 5.74) is 1.76. The Labute approximate surface area is 109 Å². The van der Waals surface area contributed by atoms with Crippen molar-refractivity contribution in [3.63, 3.8) is 0 Å². The fourth-order valence-corrected chi connectivity index (χ4v) is 3.56. The van der Waals surface area contributed by atoms with Crippen molar-refractivity contribution in [3.05, 3.63) is 16.0 Å². The van der Waals surface area contributed by atoms with Crippen molar-refractivity contribution >= 4 is 33.8 Å². The number of thiophene rings is 1. The van der Waals surface area contributed by atoms with Gasteiger partial charge in [-0.25, -0.2) is 0 Å². The summed E-state index contributed by atoms with van der Waals surface area (Å²) in [4.78, 5) is 12.5. The van der Waals surface area contributed by atoms with Gasteiger partial charge in [0.1, 0.15) is 17.0 Å². The Morgan fingerprint density at radius 2 is 2.47 bits per heavy atom. The maximum atomic E-state index is 11.3. The first kappa shape index (κ1) is 12.4. The summed E-state index contributed by atoms with van der Waals surface area (Å²) in [6, 6.07) is 2.20. The molecule has 0 aromatic carbocycles. The van der Waals surface area contributed by atoms with Crippen LogP contribution in [0.1, 0.15) is 29.3 Å². The van der Waals surface area contributed by atoms with E-state index in [1.807, 2.05) is 0 Å². The van der Waals surface area contributed by atoms with Gasteiger partial charge in [0.15, 0.2) is 0 Å². The monoisotopic (exact) mass is 268 g/mol. The van der Waals surface area contributed by atoms with E-state index in [0.717, 1.165) is 24.8 Å². The second kappa shape index (κ2) is 5.07. The molecule has 5 heteroatoms. The molecule has 0 fully saturated rings. The molecule has 0 bridgehead atoms. The number of rotatable bonds is 2. The maximum Gasteiger partial charge on any atom is 0.239 e. The summed E-state index contributed by atoms with van der Waals surface area (Å²) in [5, 5.41) is 12.6. The summed E-state index contributed by atoms with van der Waals surface area (Å²) < 4.78 is 0. The number of carbonyl (C=O) groups is 1. The highest BCUT2D eigenvalue weighted by molar-refractivity contribution is 7.16. The molecule has 90 valence electrons. The van der Waals surface area contributed by atoms with Crippen LogP contribution in [-0.2, 0) is 17.6 Å². The number of nitrogens with one attached hydrogen (secondary N) is 1. The molecule has 0 saturated heterocycles. The predicted octanol–water partition coefficient (Wildman–Crippen LogP) is 2.92. The van der Waals surface area contributed by atoms with Crippen LogP contribution in [0.4, 0.5) is 5.00 Å². The number of alkyl halides is 1. The van der Waals surface area contributed by atoms with Crippen LogP contribution >= 0.6 is 22.9 Å². The van der Waals surface area contributed by atoms with Gasteiger partial charge in [-0.15, -0.1) is 22.9 Å². The lowest BCUT2D eigenvalue weighted by atomic mass is 9.89. The molecule has 1 aromatic rings. The molecular formula is C12H13ClN2OS. The quantitative estimate of drug-likeness (QED) is 0.839. The first-order valence-electron chi connectivity index (χ1n) is 5.56. The molecule has 0 aliphatic heterocycles. The standard InChI is InChI=1S/C12H13ClN2OS/c1-7-2-3-8-9(6-14)12(15-11(16)5-13)17-10(8)4-7/h7H,2-5H2,1H3,(H,15,16)/t7-/m1/s1. The molecule has 0 saturated carbocycles. The zero-order valence-electron chi connectivity index (χ0n) is 9.55. The smallest absolute Gasteiger partial charge is 0.239 e. The Morgan fingerprint density at radius 3 is 3.12 bits per heavy atom. The van der Waals surface area contributed by atoms with Crippen molar-refractivity contribution in [3.8, 4) is 6.07 Å².